The molecule has 4 aromatic rings. The Morgan fingerprint density at radius 2 is 1.91 bits per heavy atom. The molecule has 4 rings (SSSR count). The van der Waals surface area contributed by atoms with E-state index in [1.165, 1.54) is 43.4 Å². The zero-order valence-corrected chi connectivity index (χ0v) is 18.6. The van der Waals surface area contributed by atoms with Gasteiger partial charge in [-0.25, -0.2) is 27.2 Å². The number of methoxy groups -OCH3 is 1. The molecule has 0 atom stereocenters. The smallest absolute Gasteiger partial charge is 0.267 e. The molecule has 9 nitrogen and oxygen atoms in total. The standard InChI is InChI=1S/C20H14ClF2N5O4S.CH4/c1-10(29)19-15-7-24-14(8-28(15)9-26-19)17-12(22)3-4-13(18(17)23)27-33(30,31)16-5-11(21)6-25-20(16)32-2;/h3-9,27H,1-2H3;1H4. The van der Waals surface area contributed by atoms with Crippen molar-refractivity contribution in [3.8, 4) is 17.1 Å². The lowest BCUT2D eigenvalue weighted by Crippen LogP contribution is -2.16. The van der Waals surface area contributed by atoms with Crippen molar-refractivity contribution >= 4 is 38.6 Å². The number of fused-ring (bicyclic) bond motifs is 1. The topological polar surface area (TPSA) is 116 Å². The van der Waals surface area contributed by atoms with Gasteiger partial charge in [-0.1, -0.05) is 19.0 Å². The van der Waals surface area contributed by atoms with Crippen LogP contribution >= 0.6 is 11.6 Å². The lowest BCUT2D eigenvalue weighted by molar-refractivity contribution is 0.101. The fourth-order valence-electron chi connectivity index (χ4n) is 3.12. The van der Waals surface area contributed by atoms with Gasteiger partial charge in [-0.05, 0) is 18.2 Å². The van der Waals surface area contributed by atoms with Gasteiger partial charge in [0.05, 0.1) is 40.8 Å². The van der Waals surface area contributed by atoms with Crippen molar-refractivity contribution in [2.75, 3.05) is 11.8 Å². The minimum absolute atomic E-state index is 0. The van der Waals surface area contributed by atoms with Gasteiger partial charge in [-0.3, -0.25) is 14.5 Å². The Bertz CT molecular complexity index is 1530. The number of hydrogen-bond acceptors (Lipinski definition) is 7. The van der Waals surface area contributed by atoms with Gasteiger partial charge in [-0.2, -0.15) is 0 Å². The minimum atomic E-state index is -4.41. The predicted molar refractivity (Wildman–Crippen MR) is 122 cm³/mol. The summed E-state index contributed by atoms with van der Waals surface area (Å²) in [4.78, 5) is 23.0. The third kappa shape index (κ3) is 4.41. The summed E-state index contributed by atoms with van der Waals surface area (Å²) >= 11 is 5.84. The van der Waals surface area contributed by atoms with Gasteiger partial charge in [0.25, 0.3) is 10.0 Å². The molecular formula is C21H18ClF2N5O4S. The molecule has 0 aliphatic heterocycles. The van der Waals surface area contributed by atoms with Gasteiger partial charge in [-0.15, -0.1) is 0 Å². The first-order valence-corrected chi connectivity index (χ1v) is 11.0. The van der Waals surface area contributed by atoms with Crippen molar-refractivity contribution in [1.82, 2.24) is 19.4 Å². The molecule has 3 heterocycles. The number of imidazole rings is 1. The van der Waals surface area contributed by atoms with Gasteiger partial charge in [0, 0.05) is 19.3 Å². The van der Waals surface area contributed by atoms with E-state index in [1.807, 2.05) is 0 Å². The highest BCUT2D eigenvalue weighted by molar-refractivity contribution is 7.92. The average molecular weight is 510 g/mol. The minimum Gasteiger partial charge on any atom is -0.480 e. The number of carbonyl (C=O) groups is 1. The van der Waals surface area contributed by atoms with E-state index < -0.39 is 37.8 Å². The van der Waals surface area contributed by atoms with E-state index in [9.17, 15) is 17.6 Å². The van der Waals surface area contributed by atoms with Crippen LogP contribution in [-0.4, -0.2) is 40.7 Å². The van der Waals surface area contributed by atoms with Crippen LogP contribution in [0.2, 0.25) is 5.02 Å². The van der Waals surface area contributed by atoms with Crippen LogP contribution in [0.1, 0.15) is 24.8 Å². The van der Waals surface area contributed by atoms with Crippen LogP contribution in [0.4, 0.5) is 14.5 Å². The van der Waals surface area contributed by atoms with Crippen LogP contribution in [0, 0.1) is 11.6 Å². The SMILES string of the molecule is C.COc1ncc(Cl)cc1S(=O)(=O)Nc1ccc(F)c(-c2cn3cnc(C(C)=O)c3cn2)c1F. The molecule has 0 spiro atoms. The van der Waals surface area contributed by atoms with Crippen LogP contribution in [0.25, 0.3) is 16.8 Å². The van der Waals surface area contributed by atoms with Crippen LogP contribution in [0.3, 0.4) is 0 Å². The number of hydrogen-bond donors (Lipinski definition) is 1. The van der Waals surface area contributed by atoms with Gasteiger partial charge >= 0.3 is 0 Å². The number of ether oxygens (including phenoxy) is 1. The molecular weight excluding hydrogens is 492 g/mol. The molecule has 0 saturated heterocycles. The molecule has 1 aromatic carbocycles. The Morgan fingerprint density at radius 1 is 1.18 bits per heavy atom. The third-order valence-corrected chi connectivity index (χ3v) is 6.18. The molecule has 0 radical (unpaired) electrons. The fourth-order valence-corrected chi connectivity index (χ4v) is 4.54. The highest BCUT2D eigenvalue weighted by atomic mass is 35.5. The number of nitrogens with zero attached hydrogens (tertiary/aromatic N) is 4. The number of halogens is 3. The van der Waals surface area contributed by atoms with E-state index in [0.717, 1.165) is 18.2 Å². The van der Waals surface area contributed by atoms with E-state index in [2.05, 4.69) is 19.7 Å². The second-order valence-corrected chi connectivity index (χ2v) is 8.85. The Morgan fingerprint density at radius 3 is 2.59 bits per heavy atom. The molecule has 0 aliphatic carbocycles. The molecule has 178 valence electrons. The normalized spacial score (nSPS) is 11.2. The summed E-state index contributed by atoms with van der Waals surface area (Å²) in [6.45, 7) is 1.33. The number of Topliss-reactive ketones (excluding diaryl/α,β-unsaturated/α-hetero) is 1. The molecule has 0 unspecified atom stereocenters. The zero-order valence-electron chi connectivity index (χ0n) is 17.0. The number of carbonyl (C=O) groups excluding carboxylic acids is 1. The van der Waals surface area contributed by atoms with Gasteiger partial charge in [0.2, 0.25) is 5.88 Å². The Kier molecular flexibility index (Phi) is 6.84. The zero-order chi connectivity index (χ0) is 23.9. The van der Waals surface area contributed by atoms with Crippen molar-refractivity contribution in [3.63, 3.8) is 0 Å². The number of pyridine rings is 1. The lowest BCUT2D eigenvalue weighted by Gasteiger charge is -2.14. The molecule has 0 aliphatic rings. The van der Waals surface area contributed by atoms with Gasteiger partial charge < -0.3 is 9.14 Å². The number of rotatable bonds is 6. The Hall–Kier alpha value is -3.64. The van der Waals surface area contributed by atoms with Crippen molar-refractivity contribution in [2.24, 2.45) is 0 Å². The van der Waals surface area contributed by atoms with E-state index in [1.54, 1.807) is 0 Å². The highest BCUT2D eigenvalue weighted by Crippen LogP contribution is 2.32. The van der Waals surface area contributed by atoms with E-state index >= 15 is 4.39 Å². The number of ketones is 1. The van der Waals surface area contributed by atoms with Gasteiger partial charge in [0.15, 0.2) is 16.5 Å². The van der Waals surface area contributed by atoms with Crippen molar-refractivity contribution in [2.45, 2.75) is 19.2 Å². The number of aromatic nitrogens is 4. The van der Waals surface area contributed by atoms with Crippen LogP contribution in [0.15, 0.2) is 48.0 Å². The molecule has 0 saturated carbocycles. The summed E-state index contributed by atoms with van der Waals surface area (Å²) in [5.41, 5.74) is -0.755. The number of sulfonamides is 1. The number of nitrogens with one attached hydrogen (secondary N) is 1. The molecule has 13 heteroatoms. The summed E-state index contributed by atoms with van der Waals surface area (Å²) in [5.74, 6) is -2.74. The van der Waals surface area contributed by atoms with Gasteiger partial charge in [0.1, 0.15) is 17.8 Å². The highest BCUT2D eigenvalue weighted by Gasteiger charge is 2.25. The summed E-state index contributed by atoms with van der Waals surface area (Å²) < 4.78 is 64.0. The van der Waals surface area contributed by atoms with E-state index in [0.29, 0.717) is 5.52 Å². The molecule has 3 aromatic heterocycles. The Labute approximate surface area is 198 Å². The molecule has 0 amide bonds. The number of benzene rings is 1. The second-order valence-electron chi connectivity index (χ2n) is 6.76. The number of anilines is 1. The van der Waals surface area contributed by atoms with Crippen molar-refractivity contribution in [3.05, 3.63) is 65.5 Å². The molecule has 1 N–H and O–H groups in total. The molecule has 34 heavy (non-hydrogen) atoms. The first-order chi connectivity index (χ1) is 15.6. The fraction of sp³-hybridized carbons (Fsp3) is 0.143. The Balaban J connectivity index is 0.00000324. The molecule has 0 fully saturated rings. The van der Waals surface area contributed by atoms with Crippen LogP contribution in [-0.2, 0) is 10.0 Å². The largest absolute Gasteiger partial charge is 0.480 e. The van der Waals surface area contributed by atoms with E-state index in [-0.39, 0.29) is 35.5 Å². The molecule has 0 bridgehead atoms. The summed E-state index contributed by atoms with van der Waals surface area (Å²) in [6, 6.07) is 2.91. The first-order valence-electron chi connectivity index (χ1n) is 9.16. The maximum absolute atomic E-state index is 15.3. The summed E-state index contributed by atoms with van der Waals surface area (Å²) in [6.07, 6.45) is 5.01. The maximum Gasteiger partial charge on any atom is 0.267 e. The van der Waals surface area contributed by atoms with Crippen molar-refractivity contribution < 1.29 is 26.7 Å². The van der Waals surface area contributed by atoms with E-state index in [4.69, 9.17) is 16.3 Å². The lowest BCUT2D eigenvalue weighted by atomic mass is 10.1. The van der Waals surface area contributed by atoms with Crippen molar-refractivity contribution in [1.29, 1.82) is 0 Å². The predicted octanol–water partition coefficient (Wildman–Crippen LogP) is 4.37. The third-order valence-electron chi connectivity index (χ3n) is 4.61. The van der Waals surface area contributed by atoms with Crippen LogP contribution < -0.4 is 9.46 Å². The average Bonchev–Trinajstić information content (AvgIpc) is 3.19. The quantitative estimate of drug-likeness (QED) is 0.384. The summed E-state index contributed by atoms with van der Waals surface area (Å²) in [5, 5.41) is 0.0132. The monoisotopic (exact) mass is 509 g/mol. The summed E-state index contributed by atoms with van der Waals surface area (Å²) in [7, 11) is -3.20. The maximum atomic E-state index is 15.3. The second kappa shape index (κ2) is 9.31. The van der Waals surface area contributed by atoms with Crippen LogP contribution in [0.5, 0.6) is 5.88 Å². The first kappa shape index (κ1) is 25.0.